The summed E-state index contributed by atoms with van der Waals surface area (Å²) >= 11 is 5.93. The number of likely N-dealkylation sites (N-methyl/N-ethyl adjacent to an activating group) is 2. The fourth-order valence-electron chi connectivity index (χ4n) is 5.09. The van der Waals surface area contributed by atoms with Gasteiger partial charge in [-0.15, -0.1) is 0 Å². The van der Waals surface area contributed by atoms with Crippen molar-refractivity contribution >= 4 is 67.5 Å². The Kier molecular flexibility index (Phi) is 6.05. The molecular formula is C31H31N6S+. The van der Waals surface area contributed by atoms with Crippen molar-refractivity contribution in [3.8, 4) is 0 Å². The van der Waals surface area contributed by atoms with Gasteiger partial charge in [0.25, 0.3) is 0 Å². The van der Waals surface area contributed by atoms with E-state index in [1.54, 1.807) is 0 Å². The third-order valence-electron chi connectivity index (χ3n) is 7.12. The van der Waals surface area contributed by atoms with Crippen LogP contribution in [0.3, 0.4) is 0 Å². The predicted molar refractivity (Wildman–Crippen MR) is 161 cm³/mol. The fraction of sp³-hybridized carbons (Fsp3) is 0.226. The number of hydrogen-bond donors (Lipinski definition) is 0. The third kappa shape index (κ3) is 4.38. The zero-order valence-electron chi connectivity index (χ0n) is 22.2. The fourth-order valence-corrected chi connectivity index (χ4v) is 5.45. The first-order chi connectivity index (χ1) is 18.3. The normalized spacial score (nSPS) is 12.5. The molecule has 6 nitrogen and oxygen atoms in total. The molecule has 0 aliphatic rings. The molecule has 7 heteroatoms. The number of nitrogens with zero attached hydrogens (tertiary/aromatic N) is 6. The highest BCUT2D eigenvalue weighted by Crippen LogP contribution is 2.36. The van der Waals surface area contributed by atoms with Gasteiger partial charge in [0.05, 0.1) is 56.6 Å². The molecule has 0 fully saturated rings. The van der Waals surface area contributed by atoms with E-state index in [-0.39, 0.29) is 0 Å². The molecule has 6 rings (SSSR count). The van der Waals surface area contributed by atoms with E-state index < -0.39 is 0 Å². The van der Waals surface area contributed by atoms with Crippen LogP contribution in [0, 0.1) is 4.64 Å². The van der Waals surface area contributed by atoms with Crippen LogP contribution >= 0.6 is 12.2 Å². The van der Waals surface area contributed by atoms with Crippen molar-refractivity contribution in [3.63, 3.8) is 0 Å². The van der Waals surface area contributed by atoms with E-state index in [0.717, 1.165) is 78.4 Å². The molecule has 0 atom stereocenters. The van der Waals surface area contributed by atoms with Crippen LogP contribution in [0.15, 0.2) is 89.1 Å². The number of anilines is 1. The molecule has 0 saturated carbocycles. The molecule has 6 aromatic rings. The minimum absolute atomic E-state index is 0.781. The van der Waals surface area contributed by atoms with E-state index in [0.29, 0.717) is 0 Å². The number of aromatic nitrogens is 2. The molecule has 0 N–H and O–H groups in total. The zero-order chi connectivity index (χ0) is 26.4. The average molecular weight is 520 g/mol. The quantitative estimate of drug-likeness (QED) is 0.122. The Bertz CT molecular complexity index is 1860. The second-order valence-corrected chi connectivity index (χ2v) is 11.2. The lowest BCUT2D eigenvalue weighted by atomic mass is 10.0. The molecule has 4 aromatic carbocycles. The topological polar surface area (TPSA) is 45.3 Å². The summed E-state index contributed by atoms with van der Waals surface area (Å²) in [4.78, 5) is 7.34. The molecule has 0 saturated heterocycles. The van der Waals surface area contributed by atoms with Gasteiger partial charge in [-0.3, -0.25) is 4.40 Å². The Morgan fingerprint density at radius 1 is 0.868 bits per heavy atom. The van der Waals surface area contributed by atoms with Gasteiger partial charge in [-0.25, -0.2) is 4.98 Å². The lowest BCUT2D eigenvalue weighted by Gasteiger charge is -2.29. The number of benzene rings is 4. The van der Waals surface area contributed by atoms with Crippen LogP contribution in [-0.2, 0) is 0 Å². The maximum absolute atomic E-state index is 5.93. The molecule has 0 radical (unpaired) electrons. The van der Waals surface area contributed by atoms with Gasteiger partial charge >= 0.3 is 0 Å². The standard InChI is InChI=1S/C31H31N6S/c1-5-35(17-18-37(2,3)4)24-15-13-22(14-16-24)33-34-23-19-21-9-8-10-25-29(21)26(20-23)30-32-27-11-6-7-12-28(27)36(30)31(25)38/h6-16,19-20H,5,17-18H2,1-4H3/q+1. The van der Waals surface area contributed by atoms with Gasteiger partial charge in [0.2, 0.25) is 0 Å². The highest BCUT2D eigenvalue weighted by molar-refractivity contribution is 7.71. The number of pyridine rings is 1. The van der Waals surface area contributed by atoms with Gasteiger partial charge in [-0.05, 0) is 60.8 Å². The van der Waals surface area contributed by atoms with Crippen molar-refractivity contribution in [2.45, 2.75) is 6.92 Å². The van der Waals surface area contributed by atoms with E-state index in [1.165, 1.54) is 5.69 Å². The summed E-state index contributed by atoms with van der Waals surface area (Å²) in [5, 5.41) is 13.5. The molecular weight excluding hydrogens is 488 g/mol. The van der Waals surface area contributed by atoms with Crippen molar-refractivity contribution in [2.75, 3.05) is 45.7 Å². The molecule has 2 aromatic heterocycles. The Balaban J connectivity index is 1.38. The molecule has 0 aliphatic heterocycles. The van der Waals surface area contributed by atoms with Crippen LogP contribution in [0.5, 0.6) is 0 Å². The highest BCUT2D eigenvalue weighted by atomic mass is 32.1. The molecule has 0 aliphatic carbocycles. The van der Waals surface area contributed by atoms with Crippen molar-refractivity contribution < 1.29 is 4.48 Å². The van der Waals surface area contributed by atoms with Gasteiger partial charge in [-0.2, -0.15) is 10.2 Å². The lowest BCUT2D eigenvalue weighted by molar-refractivity contribution is -0.868. The monoisotopic (exact) mass is 519 g/mol. The van der Waals surface area contributed by atoms with Crippen molar-refractivity contribution in [1.82, 2.24) is 9.38 Å². The van der Waals surface area contributed by atoms with Crippen LogP contribution in [0.2, 0.25) is 0 Å². The van der Waals surface area contributed by atoms with Crippen LogP contribution in [0.4, 0.5) is 17.1 Å². The van der Waals surface area contributed by atoms with E-state index in [9.17, 15) is 0 Å². The third-order valence-corrected chi connectivity index (χ3v) is 7.52. The maximum atomic E-state index is 5.93. The highest BCUT2D eigenvalue weighted by Gasteiger charge is 2.15. The largest absolute Gasteiger partial charge is 0.366 e. The first-order valence-electron chi connectivity index (χ1n) is 13.0. The molecule has 0 bridgehead atoms. The first-order valence-corrected chi connectivity index (χ1v) is 13.4. The zero-order valence-corrected chi connectivity index (χ0v) is 23.0. The minimum atomic E-state index is 0.781. The van der Waals surface area contributed by atoms with E-state index in [2.05, 4.69) is 96.1 Å². The van der Waals surface area contributed by atoms with Gasteiger partial charge < -0.3 is 9.38 Å². The summed E-state index contributed by atoms with van der Waals surface area (Å²) in [5.41, 5.74) is 5.63. The second-order valence-electron chi connectivity index (χ2n) is 10.8. The average Bonchev–Trinajstić information content (AvgIpc) is 3.31. The summed E-state index contributed by atoms with van der Waals surface area (Å²) in [6.45, 7) is 5.26. The molecule has 2 heterocycles. The van der Waals surface area contributed by atoms with Crippen LogP contribution < -0.4 is 4.90 Å². The van der Waals surface area contributed by atoms with Crippen molar-refractivity contribution in [1.29, 1.82) is 0 Å². The van der Waals surface area contributed by atoms with Gasteiger partial charge in [0.1, 0.15) is 10.3 Å². The molecule has 0 unspecified atom stereocenters. The van der Waals surface area contributed by atoms with Crippen molar-refractivity contribution in [3.05, 3.63) is 83.5 Å². The second kappa shape index (κ2) is 9.42. The van der Waals surface area contributed by atoms with Crippen molar-refractivity contribution in [2.24, 2.45) is 10.2 Å². The summed E-state index contributed by atoms with van der Waals surface area (Å²) < 4.78 is 3.81. The Labute approximate surface area is 227 Å². The number of imidazole rings is 1. The molecule has 38 heavy (non-hydrogen) atoms. The van der Waals surface area contributed by atoms with Gasteiger partial charge in [0, 0.05) is 28.4 Å². The maximum Gasteiger partial charge on any atom is 0.147 e. The summed E-state index contributed by atoms with van der Waals surface area (Å²) in [5.74, 6) is 0. The number of para-hydroxylation sites is 2. The number of azo groups is 1. The molecule has 0 spiro atoms. The van der Waals surface area contributed by atoms with E-state index in [4.69, 9.17) is 17.2 Å². The smallest absolute Gasteiger partial charge is 0.147 e. The van der Waals surface area contributed by atoms with E-state index in [1.807, 2.05) is 30.3 Å². The van der Waals surface area contributed by atoms with E-state index >= 15 is 0 Å². The van der Waals surface area contributed by atoms with Crippen LogP contribution in [-0.4, -0.2) is 54.6 Å². The molecule has 0 amide bonds. The number of quaternary nitrogens is 1. The summed E-state index contributed by atoms with van der Waals surface area (Å²) in [6, 6.07) is 26.9. The first kappa shape index (κ1) is 24.4. The Morgan fingerprint density at radius 2 is 1.63 bits per heavy atom. The lowest BCUT2D eigenvalue weighted by Crippen LogP contribution is -2.42. The Morgan fingerprint density at radius 3 is 2.39 bits per heavy atom. The van der Waals surface area contributed by atoms with Gasteiger partial charge in [0.15, 0.2) is 0 Å². The Hall–Kier alpha value is -3.94. The molecule has 190 valence electrons. The van der Waals surface area contributed by atoms with Crippen LogP contribution in [0.25, 0.3) is 38.2 Å². The SMILES string of the molecule is CCN(CC[N+](C)(C)C)c1ccc(N=Nc2cc3cccc4c(=S)n5c6ccccc6nc5c(c2)c34)cc1. The van der Waals surface area contributed by atoms with Gasteiger partial charge in [-0.1, -0.05) is 42.5 Å². The number of rotatable bonds is 7. The number of hydrogen-bond acceptors (Lipinski definition) is 5. The predicted octanol–water partition coefficient (Wildman–Crippen LogP) is 7.91. The summed E-state index contributed by atoms with van der Waals surface area (Å²) in [6.07, 6.45) is 0. The summed E-state index contributed by atoms with van der Waals surface area (Å²) in [7, 11) is 6.68. The minimum Gasteiger partial charge on any atom is -0.366 e. The number of fused-ring (bicyclic) bond motifs is 4. The van der Waals surface area contributed by atoms with Crippen LogP contribution in [0.1, 0.15) is 6.92 Å².